The van der Waals surface area contributed by atoms with Gasteiger partial charge in [0.15, 0.2) is 0 Å². The van der Waals surface area contributed by atoms with E-state index >= 15 is 0 Å². The van der Waals surface area contributed by atoms with Crippen molar-refractivity contribution in [2.24, 2.45) is 7.05 Å². The minimum absolute atomic E-state index is 0.157. The molecule has 0 atom stereocenters. The predicted octanol–water partition coefficient (Wildman–Crippen LogP) is 0.300. The topological polar surface area (TPSA) is 55.1 Å². The van der Waals surface area contributed by atoms with Crippen LogP contribution in [0.1, 0.15) is 16.2 Å². The van der Waals surface area contributed by atoms with E-state index in [1.54, 1.807) is 7.05 Å². The van der Waals surface area contributed by atoms with Crippen LogP contribution in [0, 0.1) is 6.92 Å². The molecular formula is C6H7N2O2. The summed E-state index contributed by atoms with van der Waals surface area (Å²) in [6.07, 6.45) is 0. The standard InChI is InChI=1S/C6H7N2O2/c1-4-3-5(6(9)10)8(2)7-4/h3H,1H2,2H3,(H,9,10). The lowest BCUT2D eigenvalue weighted by molar-refractivity contribution is 0.0685. The average Bonchev–Trinajstić information content (AvgIpc) is 2.10. The Morgan fingerprint density at radius 1 is 1.90 bits per heavy atom. The van der Waals surface area contributed by atoms with Gasteiger partial charge in [-0.1, -0.05) is 0 Å². The van der Waals surface area contributed by atoms with Gasteiger partial charge in [0.25, 0.3) is 0 Å². The molecule has 1 heterocycles. The normalized spacial score (nSPS) is 9.80. The number of aryl methyl sites for hydroxylation is 1. The first kappa shape index (κ1) is 6.80. The van der Waals surface area contributed by atoms with E-state index in [2.05, 4.69) is 12.0 Å². The van der Waals surface area contributed by atoms with Crippen molar-refractivity contribution in [1.82, 2.24) is 9.78 Å². The maximum Gasteiger partial charge on any atom is 0.354 e. The summed E-state index contributed by atoms with van der Waals surface area (Å²) < 4.78 is 1.28. The average molecular weight is 139 g/mol. The molecule has 0 spiro atoms. The fraction of sp³-hybridized carbons (Fsp3) is 0.167. The van der Waals surface area contributed by atoms with Crippen molar-refractivity contribution in [1.29, 1.82) is 0 Å². The van der Waals surface area contributed by atoms with E-state index in [4.69, 9.17) is 5.11 Å². The monoisotopic (exact) mass is 139 g/mol. The van der Waals surface area contributed by atoms with E-state index in [0.29, 0.717) is 5.69 Å². The first-order valence-corrected chi connectivity index (χ1v) is 2.70. The zero-order chi connectivity index (χ0) is 7.72. The van der Waals surface area contributed by atoms with Gasteiger partial charge in [-0.2, -0.15) is 5.10 Å². The number of aromatic nitrogens is 2. The van der Waals surface area contributed by atoms with E-state index in [9.17, 15) is 4.79 Å². The Labute approximate surface area is 58.1 Å². The fourth-order valence-corrected chi connectivity index (χ4v) is 0.727. The number of aromatic carboxylic acids is 1. The van der Waals surface area contributed by atoms with Gasteiger partial charge in [-0.05, 0) is 13.0 Å². The summed E-state index contributed by atoms with van der Waals surface area (Å²) in [6.45, 7) is 3.49. The summed E-state index contributed by atoms with van der Waals surface area (Å²) in [5.74, 6) is -0.982. The molecule has 0 unspecified atom stereocenters. The van der Waals surface area contributed by atoms with Crippen molar-refractivity contribution in [3.05, 3.63) is 24.4 Å². The highest BCUT2D eigenvalue weighted by Gasteiger charge is 2.08. The molecule has 10 heavy (non-hydrogen) atoms. The van der Waals surface area contributed by atoms with E-state index in [0.717, 1.165) is 0 Å². The molecule has 4 heteroatoms. The SMILES string of the molecule is [CH2]c1cc(C(=O)O)n(C)n1. The smallest absolute Gasteiger partial charge is 0.354 e. The van der Waals surface area contributed by atoms with Gasteiger partial charge in [0, 0.05) is 7.05 Å². The van der Waals surface area contributed by atoms with Crippen molar-refractivity contribution in [2.45, 2.75) is 0 Å². The first-order valence-electron chi connectivity index (χ1n) is 2.70. The van der Waals surface area contributed by atoms with Gasteiger partial charge in [0.05, 0.1) is 5.69 Å². The lowest BCUT2D eigenvalue weighted by atomic mass is 10.4. The minimum atomic E-state index is -0.982. The summed E-state index contributed by atoms with van der Waals surface area (Å²) in [4.78, 5) is 10.3. The molecule has 1 aromatic heterocycles. The second-order valence-electron chi connectivity index (χ2n) is 1.95. The Morgan fingerprint density at radius 2 is 2.50 bits per heavy atom. The molecule has 0 aliphatic rings. The van der Waals surface area contributed by atoms with E-state index in [-0.39, 0.29) is 5.69 Å². The number of hydrogen-bond acceptors (Lipinski definition) is 2. The molecule has 4 nitrogen and oxygen atoms in total. The van der Waals surface area contributed by atoms with Crippen molar-refractivity contribution >= 4 is 5.97 Å². The van der Waals surface area contributed by atoms with Gasteiger partial charge >= 0.3 is 5.97 Å². The summed E-state index contributed by atoms with van der Waals surface area (Å²) in [7, 11) is 1.57. The van der Waals surface area contributed by atoms with Crippen molar-refractivity contribution in [3.63, 3.8) is 0 Å². The van der Waals surface area contributed by atoms with Gasteiger partial charge in [-0.15, -0.1) is 0 Å². The molecule has 0 bridgehead atoms. The number of nitrogens with zero attached hydrogens (tertiary/aromatic N) is 2. The molecule has 0 aliphatic heterocycles. The Hall–Kier alpha value is -1.32. The lowest BCUT2D eigenvalue weighted by Crippen LogP contribution is -2.04. The van der Waals surface area contributed by atoms with Gasteiger partial charge < -0.3 is 5.11 Å². The van der Waals surface area contributed by atoms with E-state index in [1.807, 2.05) is 0 Å². The Kier molecular flexibility index (Phi) is 1.45. The molecule has 0 amide bonds. The fourth-order valence-electron chi connectivity index (χ4n) is 0.727. The third kappa shape index (κ3) is 1.00. The van der Waals surface area contributed by atoms with Crippen LogP contribution in [0.15, 0.2) is 6.07 Å². The second kappa shape index (κ2) is 2.13. The number of carboxylic acid groups (broad SMARTS) is 1. The summed E-state index contributed by atoms with van der Waals surface area (Å²) in [5, 5.41) is 12.2. The first-order chi connectivity index (χ1) is 4.61. The molecule has 0 aromatic carbocycles. The minimum Gasteiger partial charge on any atom is -0.477 e. The highest BCUT2D eigenvalue weighted by atomic mass is 16.4. The molecule has 1 radical (unpaired) electrons. The van der Waals surface area contributed by atoms with Crippen LogP contribution in [-0.4, -0.2) is 20.9 Å². The molecule has 1 aromatic rings. The van der Waals surface area contributed by atoms with Crippen molar-refractivity contribution in [3.8, 4) is 0 Å². The molecule has 0 saturated carbocycles. The van der Waals surface area contributed by atoms with Gasteiger partial charge in [0.2, 0.25) is 0 Å². The summed E-state index contributed by atoms with van der Waals surface area (Å²) in [5.41, 5.74) is 0.630. The van der Waals surface area contributed by atoms with Crippen molar-refractivity contribution in [2.75, 3.05) is 0 Å². The molecule has 0 saturated heterocycles. The van der Waals surface area contributed by atoms with E-state index < -0.39 is 5.97 Å². The molecule has 0 aliphatic carbocycles. The van der Waals surface area contributed by atoms with Gasteiger partial charge in [-0.25, -0.2) is 4.79 Å². The molecule has 0 fully saturated rings. The molecule has 1 rings (SSSR count). The van der Waals surface area contributed by atoms with Gasteiger partial charge in [-0.3, -0.25) is 4.68 Å². The summed E-state index contributed by atoms with van der Waals surface area (Å²) in [6, 6.07) is 1.42. The molecular weight excluding hydrogens is 132 g/mol. The van der Waals surface area contributed by atoms with Crippen LogP contribution < -0.4 is 0 Å². The second-order valence-corrected chi connectivity index (χ2v) is 1.95. The van der Waals surface area contributed by atoms with Crippen LogP contribution in [0.5, 0.6) is 0 Å². The number of carboxylic acids is 1. The van der Waals surface area contributed by atoms with Crippen LogP contribution in [0.4, 0.5) is 0 Å². The van der Waals surface area contributed by atoms with Gasteiger partial charge in [0.1, 0.15) is 5.69 Å². The number of rotatable bonds is 1. The Morgan fingerprint density at radius 3 is 2.70 bits per heavy atom. The molecule has 53 valence electrons. The Balaban J connectivity index is 3.15. The number of hydrogen-bond donors (Lipinski definition) is 1. The van der Waals surface area contributed by atoms with Crippen LogP contribution in [0.2, 0.25) is 0 Å². The third-order valence-corrected chi connectivity index (χ3v) is 1.15. The lowest BCUT2D eigenvalue weighted by Gasteiger charge is -1.91. The van der Waals surface area contributed by atoms with Crippen LogP contribution >= 0.6 is 0 Å². The number of carbonyl (C=O) groups is 1. The van der Waals surface area contributed by atoms with Crippen LogP contribution in [-0.2, 0) is 7.05 Å². The third-order valence-electron chi connectivity index (χ3n) is 1.15. The maximum atomic E-state index is 10.3. The molecule has 1 N–H and O–H groups in total. The summed E-state index contributed by atoms with van der Waals surface area (Å²) >= 11 is 0. The quantitative estimate of drug-likeness (QED) is 0.608. The van der Waals surface area contributed by atoms with Crippen LogP contribution in [0.3, 0.4) is 0 Å². The predicted molar refractivity (Wildman–Crippen MR) is 34.6 cm³/mol. The van der Waals surface area contributed by atoms with Crippen LogP contribution in [0.25, 0.3) is 0 Å². The zero-order valence-corrected chi connectivity index (χ0v) is 5.53. The maximum absolute atomic E-state index is 10.3. The zero-order valence-electron chi connectivity index (χ0n) is 5.53. The highest BCUT2D eigenvalue weighted by molar-refractivity contribution is 5.85. The highest BCUT2D eigenvalue weighted by Crippen LogP contribution is 2.00. The van der Waals surface area contributed by atoms with Crippen molar-refractivity contribution < 1.29 is 9.90 Å². The van der Waals surface area contributed by atoms with E-state index in [1.165, 1.54) is 10.7 Å². The largest absolute Gasteiger partial charge is 0.477 e. The Bertz CT molecular complexity index is 265.